The van der Waals surface area contributed by atoms with Gasteiger partial charge >= 0.3 is 12.1 Å². The molecule has 0 aliphatic rings. The van der Waals surface area contributed by atoms with Crippen LogP contribution in [0.25, 0.3) is 0 Å². The fourth-order valence-electron chi connectivity index (χ4n) is 2.18. The van der Waals surface area contributed by atoms with E-state index in [0.717, 1.165) is 12.1 Å². The van der Waals surface area contributed by atoms with E-state index in [-0.39, 0.29) is 19.0 Å². The Balaban J connectivity index is 3.02. The largest absolute Gasteiger partial charge is 0.466 e. The number of nitrogens with one attached hydrogen (secondary N) is 1. The first-order valence-corrected chi connectivity index (χ1v) is 6.81. The van der Waals surface area contributed by atoms with Crippen molar-refractivity contribution in [3.05, 3.63) is 35.4 Å². The van der Waals surface area contributed by atoms with Gasteiger partial charge in [0.2, 0.25) is 0 Å². The van der Waals surface area contributed by atoms with E-state index in [1.165, 1.54) is 12.1 Å². The molecular weight excluding hydrogens is 283 g/mol. The molecule has 0 saturated heterocycles. The van der Waals surface area contributed by atoms with Crippen molar-refractivity contribution in [2.24, 2.45) is 0 Å². The quantitative estimate of drug-likeness (QED) is 0.818. The molecule has 0 saturated carbocycles. The maximum absolute atomic E-state index is 12.6. The summed E-state index contributed by atoms with van der Waals surface area (Å²) in [5.74, 6) is -0.388. The number of ether oxygens (including phenoxy) is 1. The lowest BCUT2D eigenvalue weighted by Gasteiger charge is -2.30. The van der Waals surface area contributed by atoms with Crippen LogP contribution in [0.1, 0.15) is 38.3 Å². The topological polar surface area (TPSA) is 38.3 Å². The van der Waals surface area contributed by atoms with Crippen molar-refractivity contribution < 1.29 is 22.7 Å². The molecule has 0 fully saturated rings. The Hall–Kier alpha value is -1.56. The summed E-state index contributed by atoms with van der Waals surface area (Å²) in [5.41, 5.74) is -0.850. The van der Waals surface area contributed by atoms with E-state index in [2.05, 4.69) is 5.32 Å². The maximum Gasteiger partial charge on any atom is 0.416 e. The van der Waals surface area contributed by atoms with Gasteiger partial charge in [0.1, 0.15) is 0 Å². The first kappa shape index (κ1) is 17.5. The highest BCUT2D eigenvalue weighted by molar-refractivity contribution is 5.71. The van der Waals surface area contributed by atoms with Crippen LogP contribution in [0.15, 0.2) is 24.3 Å². The molecule has 0 radical (unpaired) electrons. The van der Waals surface area contributed by atoms with Crippen molar-refractivity contribution in [1.82, 2.24) is 5.32 Å². The molecule has 1 aromatic carbocycles. The van der Waals surface area contributed by atoms with E-state index in [1.807, 2.05) is 6.92 Å². The number of hydrogen-bond acceptors (Lipinski definition) is 3. The Morgan fingerprint density at radius 3 is 2.10 bits per heavy atom. The Labute approximate surface area is 122 Å². The normalized spacial score (nSPS) is 14.6. The third-order valence-corrected chi connectivity index (χ3v) is 3.22. The Morgan fingerprint density at radius 1 is 1.14 bits per heavy atom. The van der Waals surface area contributed by atoms with Crippen LogP contribution in [-0.4, -0.2) is 19.1 Å². The molecule has 0 spiro atoms. The molecule has 0 aliphatic heterocycles. The first-order chi connectivity index (χ1) is 9.73. The Bertz CT molecular complexity index is 471. The van der Waals surface area contributed by atoms with Crippen LogP contribution in [-0.2, 0) is 21.2 Å². The summed E-state index contributed by atoms with van der Waals surface area (Å²) in [7, 11) is 0. The summed E-state index contributed by atoms with van der Waals surface area (Å²) < 4.78 is 42.7. The van der Waals surface area contributed by atoms with E-state index >= 15 is 0 Å². The molecule has 0 aromatic heterocycles. The van der Waals surface area contributed by atoms with E-state index < -0.39 is 17.3 Å². The van der Waals surface area contributed by atoms with Crippen LogP contribution in [0.3, 0.4) is 0 Å². The number of rotatable bonds is 6. The number of alkyl halides is 3. The van der Waals surface area contributed by atoms with Gasteiger partial charge in [-0.25, -0.2) is 0 Å². The van der Waals surface area contributed by atoms with Crippen LogP contribution in [0, 0.1) is 0 Å². The lowest BCUT2D eigenvalue weighted by molar-refractivity contribution is -0.145. The smallest absolute Gasteiger partial charge is 0.416 e. The monoisotopic (exact) mass is 303 g/mol. The summed E-state index contributed by atoms with van der Waals surface area (Å²) in [5, 5.41) is 3.14. The number of carbonyl (C=O) groups excluding carboxylic acids is 1. The highest BCUT2D eigenvalue weighted by Crippen LogP contribution is 2.32. The summed E-state index contributed by atoms with van der Waals surface area (Å²) >= 11 is 0. The second kappa shape index (κ2) is 6.93. The summed E-state index contributed by atoms with van der Waals surface area (Å²) in [6.07, 6.45) is -4.31. The molecule has 118 valence electrons. The highest BCUT2D eigenvalue weighted by atomic mass is 19.4. The zero-order valence-corrected chi connectivity index (χ0v) is 12.4. The van der Waals surface area contributed by atoms with Crippen molar-refractivity contribution in [3.63, 3.8) is 0 Å². The predicted octanol–water partition coefficient (Wildman–Crippen LogP) is 3.48. The number of halogens is 3. The van der Waals surface area contributed by atoms with E-state index in [1.54, 1.807) is 13.8 Å². The minimum atomic E-state index is -4.37. The van der Waals surface area contributed by atoms with Gasteiger partial charge in [-0.3, -0.25) is 4.79 Å². The maximum atomic E-state index is 12.6. The van der Waals surface area contributed by atoms with Crippen LogP contribution in [0.2, 0.25) is 0 Å². The second-order valence-electron chi connectivity index (χ2n) is 4.92. The molecule has 1 aromatic rings. The van der Waals surface area contributed by atoms with Crippen LogP contribution >= 0.6 is 0 Å². The Kier molecular flexibility index (Phi) is 5.78. The lowest BCUT2D eigenvalue weighted by atomic mass is 9.88. The van der Waals surface area contributed by atoms with Gasteiger partial charge in [0, 0.05) is 0 Å². The van der Waals surface area contributed by atoms with Crippen LogP contribution < -0.4 is 5.32 Å². The lowest BCUT2D eigenvalue weighted by Crippen LogP contribution is -2.41. The van der Waals surface area contributed by atoms with Crippen molar-refractivity contribution in [3.8, 4) is 0 Å². The number of hydrogen-bond donors (Lipinski definition) is 1. The summed E-state index contributed by atoms with van der Waals surface area (Å²) in [4.78, 5) is 11.7. The van der Waals surface area contributed by atoms with Crippen LogP contribution in [0.4, 0.5) is 13.2 Å². The van der Waals surface area contributed by atoms with Gasteiger partial charge in [-0.2, -0.15) is 13.2 Å². The zero-order valence-electron chi connectivity index (χ0n) is 12.4. The molecule has 1 N–H and O–H groups in total. The van der Waals surface area contributed by atoms with Crippen molar-refractivity contribution in [2.75, 3.05) is 13.2 Å². The first-order valence-electron chi connectivity index (χ1n) is 6.81. The summed E-state index contributed by atoms with van der Waals surface area (Å²) in [6, 6.07) is 4.83. The third kappa shape index (κ3) is 4.74. The van der Waals surface area contributed by atoms with E-state index in [4.69, 9.17) is 4.74 Å². The van der Waals surface area contributed by atoms with E-state index in [0.29, 0.717) is 12.1 Å². The van der Waals surface area contributed by atoms with Crippen molar-refractivity contribution >= 4 is 5.97 Å². The third-order valence-electron chi connectivity index (χ3n) is 3.22. The van der Waals surface area contributed by atoms with Gasteiger partial charge in [0.05, 0.1) is 24.1 Å². The number of carbonyl (C=O) groups is 1. The molecule has 21 heavy (non-hydrogen) atoms. The summed E-state index contributed by atoms with van der Waals surface area (Å²) in [6.45, 7) is 6.20. The minimum absolute atomic E-state index is 0.0556. The van der Waals surface area contributed by atoms with Gasteiger partial charge in [0.15, 0.2) is 0 Å². The predicted molar refractivity (Wildman–Crippen MR) is 73.7 cm³/mol. The second-order valence-corrected chi connectivity index (χ2v) is 4.92. The molecule has 0 heterocycles. The fraction of sp³-hybridized carbons (Fsp3) is 0.533. The number of benzene rings is 1. The average Bonchev–Trinajstić information content (AvgIpc) is 2.38. The molecule has 1 unspecified atom stereocenters. The fourth-order valence-corrected chi connectivity index (χ4v) is 2.18. The molecule has 0 amide bonds. The molecular formula is C15H20F3NO2. The molecule has 3 nitrogen and oxygen atoms in total. The van der Waals surface area contributed by atoms with Gasteiger partial charge in [-0.15, -0.1) is 0 Å². The van der Waals surface area contributed by atoms with Crippen molar-refractivity contribution in [1.29, 1.82) is 0 Å². The molecule has 0 bridgehead atoms. The van der Waals surface area contributed by atoms with Crippen molar-refractivity contribution in [2.45, 2.75) is 38.9 Å². The zero-order chi connectivity index (χ0) is 16.1. The molecule has 1 atom stereocenters. The van der Waals surface area contributed by atoms with Gasteiger partial charge < -0.3 is 10.1 Å². The molecule has 1 rings (SSSR count). The standard InChI is InChI=1S/C15H20F3NO2/c1-4-19-14(3,10-13(20)21-5-2)11-6-8-12(9-7-11)15(16,17)18/h6-9,19H,4-5,10H2,1-3H3. The van der Waals surface area contributed by atoms with Gasteiger partial charge in [-0.1, -0.05) is 19.1 Å². The minimum Gasteiger partial charge on any atom is -0.466 e. The van der Waals surface area contributed by atoms with Gasteiger partial charge in [0.25, 0.3) is 0 Å². The molecule has 6 heteroatoms. The number of esters is 1. The van der Waals surface area contributed by atoms with Crippen LogP contribution in [0.5, 0.6) is 0 Å². The molecule has 0 aliphatic carbocycles. The average molecular weight is 303 g/mol. The highest BCUT2D eigenvalue weighted by Gasteiger charge is 2.33. The van der Waals surface area contributed by atoms with E-state index in [9.17, 15) is 18.0 Å². The van der Waals surface area contributed by atoms with Gasteiger partial charge in [-0.05, 0) is 38.1 Å². The Morgan fingerprint density at radius 2 is 1.67 bits per heavy atom. The SMILES string of the molecule is CCNC(C)(CC(=O)OCC)c1ccc(C(F)(F)F)cc1.